The Labute approximate surface area is 95.4 Å². The van der Waals surface area contributed by atoms with Crippen LogP contribution in [0.2, 0.25) is 0 Å². The largest absolute Gasteiger partial charge is 0.339 e. The highest BCUT2D eigenvalue weighted by Gasteiger charge is 2.17. The van der Waals surface area contributed by atoms with E-state index in [0.29, 0.717) is 6.54 Å². The van der Waals surface area contributed by atoms with Crippen LogP contribution in [-0.2, 0) is 11.3 Å². The Morgan fingerprint density at radius 3 is 2.69 bits per heavy atom. The van der Waals surface area contributed by atoms with Crippen LogP contribution >= 0.6 is 0 Å². The average molecular weight is 222 g/mol. The summed E-state index contributed by atoms with van der Waals surface area (Å²) >= 11 is 0. The lowest BCUT2D eigenvalue weighted by molar-refractivity contribution is -0.132. The van der Waals surface area contributed by atoms with Gasteiger partial charge in [-0.25, -0.2) is 0 Å². The number of nitrogens with one attached hydrogen (secondary N) is 1. The molecule has 2 rings (SSSR count). The number of carbonyl (C=O) groups is 1. The van der Waals surface area contributed by atoms with Gasteiger partial charge in [-0.1, -0.05) is 0 Å². The van der Waals surface area contributed by atoms with Crippen molar-refractivity contribution in [3.63, 3.8) is 0 Å². The van der Waals surface area contributed by atoms with E-state index in [1.807, 2.05) is 24.8 Å². The molecule has 0 spiro atoms. The number of carbonyl (C=O) groups excluding carboxylic acids is 1. The summed E-state index contributed by atoms with van der Waals surface area (Å²) in [5.74, 6) is 0.160. The second-order valence-corrected chi connectivity index (χ2v) is 4.22. The molecule has 0 radical (unpaired) electrons. The number of amides is 1. The van der Waals surface area contributed by atoms with Gasteiger partial charge in [0.25, 0.3) is 0 Å². The van der Waals surface area contributed by atoms with Crippen LogP contribution in [0.3, 0.4) is 0 Å². The first-order valence-electron chi connectivity index (χ1n) is 5.66. The fourth-order valence-electron chi connectivity index (χ4n) is 1.98. The van der Waals surface area contributed by atoms with Crippen LogP contribution in [0.15, 0.2) is 6.07 Å². The summed E-state index contributed by atoms with van der Waals surface area (Å²) in [6, 6.07) is 1.99. The first-order chi connectivity index (χ1) is 7.66. The van der Waals surface area contributed by atoms with Gasteiger partial charge in [-0.15, -0.1) is 0 Å². The van der Waals surface area contributed by atoms with Crippen molar-refractivity contribution in [1.29, 1.82) is 0 Å². The Hall–Kier alpha value is -1.36. The van der Waals surface area contributed by atoms with E-state index in [2.05, 4.69) is 10.4 Å². The lowest BCUT2D eigenvalue weighted by Gasteiger charge is -2.27. The van der Waals surface area contributed by atoms with Crippen molar-refractivity contribution in [2.75, 3.05) is 26.2 Å². The number of nitrogens with zero attached hydrogens (tertiary/aromatic N) is 3. The second kappa shape index (κ2) is 4.65. The van der Waals surface area contributed by atoms with Gasteiger partial charge in [0.2, 0.25) is 5.91 Å². The zero-order chi connectivity index (χ0) is 11.5. The van der Waals surface area contributed by atoms with Crippen LogP contribution in [0.1, 0.15) is 11.4 Å². The first kappa shape index (κ1) is 11.1. The summed E-state index contributed by atoms with van der Waals surface area (Å²) in [6.07, 6.45) is 0. The van der Waals surface area contributed by atoms with Gasteiger partial charge in [0, 0.05) is 31.9 Å². The number of hydrogen-bond donors (Lipinski definition) is 1. The van der Waals surface area contributed by atoms with E-state index < -0.39 is 0 Å². The minimum Gasteiger partial charge on any atom is -0.339 e. The highest BCUT2D eigenvalue weighted by molar-refractivity contribution is 5.76. The zero-order valence-electron chi connectivity index (χ0n) is 9.86. The van der Waals surface area contributed by atoms with Gasteiger partial charge in [0.1, 0.15) is 6.54 Å². The van der Waals surface area contributed by atoms with Crippen molar-refractivity contribution in [1.82, 2.24) is 20.0 Å². The summed E-state index contributed by atoms with van der Waals surface area (Å²) in [4.78, 5) is 13.9. The van der Waals surface area contributed by atoms with Gasteiger partial charge < -0.3 is 10.2 Å². The molecular formula is C11H18N4O. The molecule has 0 aromatic carbocycles. The van der Waals surface area contributed by atoms with Crippen LogP contribution in [0.25, 0.3) is 0 Å². The predicted octanol–water partition coefficient (Wildman–Crippen LogP) is -0.0683. The molecule has 1 aliphatic heterocycles. The minimum absolute atomic E-state index is 0.160. The number of rotatable bonds is 2. The van der Waals surface area contributed by atoms with Gasteiger partial charge in [-0.2, -0.15) is 5.10 Å². The molecule has 5 heteroatoms. The third kappa shape index (κ3) is 2.41. The fourth-order valence-corrected chi connectivity index (χ4v) is 1.98. The van der Waals surface area contributed by atoms with Crippen molar-refractivity contribution >= 4 is 5.91 Å². The van der Waals surface area contributed by atoms with E-state index >= 15 is 0 Å². The van der Waals surface area contributed by atoms with Crippen molar-refractivity contribution in [3.8, 4) is 0 Å². The van der Waals surface area contributed by atoms with E-state index in [1.54, 1.807) is 4.68 Å². The van der Waals surface area contributed by atoms with E-state index in [1.165, 1.54) is 0 Å². The molecule has 0 bridgehead atoms. The molecule has 16 heavy (non-hydrogen) atoms. The number of aryl methyl sites for hydroxylation is 2. The van der Waals surface area contributed by atoms with Crippen LogP contribution in [-0.4, -0.2) is 46.8 Å². The Morgan fingerprint density at radius 1 is 1.44 bits per heavy atom. The van der Waals surface area contributed by atoms with Crippen LogP contribution in [0, 0.1) is 13.8 Å². The number of aromatic nitrogens is 2. The summed E-state index contributed by atoms with van der Waals surface area (Å²) < 4.78 is 1.78. The summed E-state index contributed by atoms with van der Waals surface area (Å²) in [7, 11) is 0. The lowest BCUT2D eigenvalue weighted by Crippen LogP contribution is -2.47. The summed E-state index contributed by atoms with van der Waals surface area (Å²) in [6.45, 7) is 7.67. The molecule has 1 amide bonds. The Bertz CT molecular complexity index is 379. The van der Waals surface area contributed by atoms with Crippen molar-refractivity contribution in [3.05, 3.63) is 17.5 Å². The summed E-state index contributed by atoms with van der Waals surface area (Å²) in [5, 5.41) is 7.53. The predicted molar refractivity (Wildman–Crippen MR) is 61.2 cm³/mol. The molecule has 0 saturated carbocycles. The number of hydrogen-bond acceptors (Lipinski definition) is 3. The molecule has 1 N–H and O–H groups in total. The maximum atomic E-state index is 12.0. The standard InChI is InChI=1S/C11H18N4O/c1-9-7-10(2)15(13-9)8-11(16)14-5-3-12-4-6-14/h7,12H,3-6,8H2,1-2H3. The van der Waals surface area contributed by atoms with Crippen molar-refractivity contribution in [2.24, 2.45) is 0 Å². The fraction of sp³-hybridized carbons (Fsp3) is 0.636. The van der Waals surface area contributed by atoms with E-state index in [9.17, 15) is 4.79 Å². The van der Waals surface area contributed by atoms with Gasteiger partial charge >= 0.3 is 0 Å². The van der Waals surface area contributed by atoms with Gasteiger partial charge in [0.15, 0.2) is 0 Å². The van der Waals surface area contributed by atoms with Crippen molar-refractivity contribution in [2.45, 2.75) is 20.4 Å². The zero-order valence-corrected chi connectivity index (χ0v) is 9.86. The van der Waals surface area contributed by atoms with E-state index in [0.717, 1.165) is 37.6 Å². The molecule has 1 aromatic heterocycles. The summed E-state index contributed by atoms with van der Waals surface area (Å²) in [5.41, 5.74) is 2.01. The lowest BCUT2D eigenvalue weighted by atomic mass is 10.3. The minimum atomic E-state index is 0.160. The molecule has 1 fully saturated rings. The second-order valence-electron chi connectivity index (χ2n) is 4.22. The molecule has 1 saturated heterocycles. The first-order valence-corrected chi connectivity index (χ1v) is 5.66. The molecule has 0 atom stereocenters. The maximum absolute atomic E-state index is 12.0. The van der Waals surface area contributed by atoms with Crippen molar-refractivity contribution < 1.29 is 4.79 Å². The molecule has 2 heterocycles. The Morgan fingerprint density at radius 2 is 2.12 bits per heavy atom. The smallest absolute Gasteiger partial charge is 0.244 e. The molecular weight excluding hydrogens is 204 g/mol. The number of piperazine rings is 1. The van der Waals surface area contributed by atoms with Crippen LogP contribution in [0.5, 0.6) is 0 Å². The topological polar surface area (TPSA) is 50.2 Å². The quantitative estimate of drug-likeness (QED) is 0.762. The van der Waals surface area contributed by atoms with E-state index in [-0.39, 0.29) is 5.91 Å². The van der Waals surface area contributed by atoms with Crippen LogP contribution < -0.4 is 5.32 Å². The molecule has 1 aromatic rings. The van der Waals surface area contributed by atoms with E-state index in [4.69, 9.17) is 0 Å². The molecule has 5 nitrogen and oxygen atoms in total. The van der Waals surface area contributed by atoms with Gasteiger partial charge in [0.05, 0.1) is 5.69 Å². The average Bonchev–Trinajstić information content (AvgIpc) is 2.59. The molecule has 0 unspecified atom stereocenters. The normalized spacial score (nSPS) is 16.5. The SMILES string of the molecule is Cc1cc(C)n(CC(=O)N2CCNCC2)n1. The van der Waals surface area contributed by atoms with Gasteiger partial charge in [-0.3, -0.25) is 9.48 Å². The van der Waals surface area contributed by atoms with Gasteiger partial charge in [-0.05, 0) is 19.9 Å². The monoisotopic (exact) mass is 222 g/mol. The third-order valence-corrected chi connectivity index (χ3v) is 2.86. The molecule has 1 aliphatic rings. The molecule has 0 aliphatic carbocycles. The highest BCUT2D eigenvalue weighted by Crippen LogP contribution is 2.03. The Kier molecular flexibility index (Phi) is 3.24. The van der Waals surface area contributed by atoms with Crippen LogP contribution in [0.4, 0.5) is 0 Å². The highest BCUT2D eigenvalue weighted by atomic mass is 16.2. The maximum Gasteiger partial charge on any atom is 0.244 e. The molecule has 88 valence electrons. The third-order valence-electron chi connectivity index (χ3n) is 2.86. The Balaban J connectivity index is 1.98.